The van der Waals surface area contributed by atoms with E-state index in [0.717, 1.165) is 24.1 Å². The van der Waals surface area contributed by atoms with Crippen molar-refractivity contribution in [3.05, 3.63) is 65.6 Å². The van der Waals surface area contributed by atoms with Crippen LogP contribution < -0.4 is 4.74 Å². The molecule has 1 aromatic heterocycles. The zero-order valence-corrected chi connectivity index (χ0v) is 14.2. The lowest BCUT2D eigenvalue weighted by atomic mass is 9.89. The summed E-state index contributed by atoms with van der Waals surface area (Å²) in [6.45, 7) is 2.23. The second-order valence-corrected chi connectivity index (χ2v) is 6.52. The molecule has 0 aliphatic carbocycles. The van der Waals surface area contributed by atoms with Gasteiger partial charge in [-0.3, -0.25) is 4.90 Å². The summed E-state index contributed by atoms with van der Waals surface area (Å²) < 4.78 is 24.8. The number of aromatic nitrogens is 1. The Morgan fingerprint density at radius 3 is 2.88 bits per heavy atom. The molecule has 2 aliphatic rings. The first-order valence-corrected chi connectivity index (χ1v) is 8.52. The minimum Gasteiger partial charge on any atom is -0.481 e. The SMILES string of the molecule is COc1ncc(F)cc1C1=CC2COCC(C1)N2Cc1ccccc1. The van der Waals surface area contributed by atoms with Gasteiger partial charge in [0.1, 0.15) is 5.82 Å². The van der Waals surface area contributed by atoms with E-state index in [0.29, 0.717) is 19.1 Å². The predicted octanol–water partition coefficient (Wildman–Crippen LogP) is 3.29. The fourth-order valence-corrected chi connectivity index (χ4v) is 3.72. The quantitative estimate of drug-likeness (QED) is 0.855. The van der Waals surface area contributed by atoms with Gasteiger partial charge in [-0.25, -0.2) is 9.37 Å². The highest BCUT2D eigenvalue weighted by Crippen LogP contribution is 2.36. The van der Waals surface area contributed by atoms with Gasteiger partial charge in [-0.2, -0.15) is 0 Å². The van der Waals surface area contributed by atoms with E-state index in [4.69, 9.17) is 9.47 Å². The molecule has 2 atom stereocenters. The molecule has 2 aromatic rings. The van der Waals surface area contributed by atoms with Crippen molar-refractivity contribution in [1.82, 2.24) is 9.88 Å². The Hall–Kier alpha value is -2.24. The Morgan fingerprint density at radius 1 is 1.28 bits per heavy atom. The van der Waals surface area contributed by atoms with E-state index in [1.54, 1.807) is 7.11 Å². The molecule has 25 heavy (non-hydrogen) atoms. The van der Waals surface area contributed by atoms with Crippen molar-refractivity contribution in [2.45, 2.75) is 25.0 Å². The monoisotopic (exact) mass is 340 g/mol. The van der Waals surface area contributed by atoms with Gasteiger partial charge in [-0.1, -0.05) is 36.4 Å². The Morgan fingerprint density at radius 2 is 2.12 bits per heavy atom. The van der Waals surface area contributed by atoms with E-state index in [1.807, 2.05) is 6.07 Å². The maximum Gasteiger partial charge on any atom is 0.220 e. The summed E-state index contributed by atoms with van der Waals surface area (Å²) in [4.78, 5) is 6.54. The Labute approximate surface area is 146 Å². The molecule has 2 aliphatic heterocycles. The number of fused-ring (bicyclic) bond motifs is 2. The average Bonchev–Trinajstić information content (AvgIpc) is 2.62. The van der Waals surface area contributed by atoms with Crippen molar-refractivity contribution in [2.24, 2.45) is 0 Å². The zero-order chi connectivity index (χ0) is 17.2. The molecule has 3 heterocycles. The lowest BCUT2D eigenvalue weighted by molar-refractivity contribution is -0.0403. The highest BCUT2D eigenvalue weighted by atomic mass is 19.1. The van der Waals surface area contributed by atoms with Crippen LogP contribution >= 0.6 is 0 Å². The van der Waals surface area contributed by atoms with Gasteiger partial charge in [0.2, 0.25) is 5.88 Å². The van der Waals surface area contributed by atoms with Crippen LogP contribution in [0, 0.1) is 5.82 Å². The number of hydrogen-bond donors (Lipinski definition) is 0. The first kappa shape index (κ1) is 16.2. The largest absolute Gasteiger partial charge is 0.481 e. The fraction of sp³-hybridized carbons (Fsp3) is 0.350. The number of halogens is 1. The van der Waals surface area contributed by atoms with Gasteiger partial charge < -0.3 is 9.47 Å². The number of morpholine rings is 1. The minimum atomic E-state index is -0.343. The molecule has 0 saturated carbocycles. The first-order valence-electron chi connectivity index (χ1n) is 8.52. The smallest absolute Gasteiger partial charge is 0.220 e. The number of methoxy groups -OCH3 is 1. The van der Waals surface area contributed by atoms with E-state index < -0.39 is 0 Å². The number of nitrogens with zero attached hydrogens (tertiary/aromatic N) is 2. The Bertz CT molecular complexity index is 779. The second-order valence-electron chi connectivity index (χ2n) is 6.52. The maximum atomic E-state index is 13.7. The van der Waals surface area contributed by atoms with Crippen molar-refractivity contribution in [3.63, 3.8) is 0 Å². The van der Waals surface area contributed by atoms with Gasteiger partial charge in [0.25, 0.3) is 0 Å². The second kappa shape index (κ2) is 6.94. The van der Waals surface area contributed by atoms with Crippen molar-refractivity contribution in [2.75, 3.05) is 20.3 Å². The highest BCUT2D eigenvalue weighted by Gasteiger charge is 2.35. The molecular weight excluding hydrogens is 319 g/mol. The molecule has 0 spiro atoms. The molecular formula is C20H21FN2O2. The van der Waals surface area contributed by atoms with Gasteiger partial charge >= 0.3 is 0 Å². The van der Waals surface area contributed by atoms with Crippen molar-refractivity contribution < 1.29 is 13.9 Å². The van der Waals surface area contributed by atoms with Crippen molar-refractivity contribution >= 4 is 5.57 Å². The third-order valence-electron chi connectivity index (χ3n) is 4.91. The number of pyridine rings is 1. The van der Waals surface area contributed by atoms with Crippen LogP contribution in [0.25, 0.3) is 5.57 Å². The van der Waals surface area contributed by atoms with Crippen LogP contribution in [-0.2, 0) is 11.3 Å². The first-order chi connectivity index (χ1) is 12.2. The van der Waals surface area contributed by atoms with E-state index >= 15 is 0 Å². The van der Waals surface area contributed by atoms with Crippen LogP contribution in [0.3, 0.4) is 0 Å². The third kappa shape index (κ3) is 3.30. The van der Waals surface area contributed by atoms with Gasteiger partial charge in [0.05, 0.1) is 32.6 Å². The van der Waals surface area contributed by atoms with Crippen LogP contribution in [0.5, 0.6) is 5.88 Å². The van der Waals surface area contributed by atoms with E-state index in [1.165, 1.54) is 17.8 Å². The molecule has 4 rings (SSSR count). The van der Waals surface area contributed by atoms with E-state index in [-0.39, 0.29) is 17.9 Å². The van der Waals surface area contributed by atoms with Gasteiger partial charge in [-0.15, -0.1) is 0 Å². The molecule has 2 unspecified atom stereocenters. The molecule has 5 heteroatoms. The number of ether oxygens (including phenoxy) is 2. The molecule has 1 aromatic carbocycles. The maximum absolute atomic E-state index is 13.7. The minimum absolute atomic E-state index is 0.177. The Balaban J connectivity index is 1.64. The fourth-order valence-electron chi connectivity index (χ4n) is 3.72. The van der Waals surface area contributed by atoms with Crippen LogP contribution in [0.1, 0.15) is 17.5 Å². The third-order valence-corrected chi connectivity index (χ3v) is 4.91. The van der Waals surface area contributed by atoms with Crippen LogP contribution in [0.4, 0.5) is 4.39 Å². The molecule has 0 radical (unpaired) electrons. The number of hydrogen-bond acceptors (Lipinski definition) is 4. The van der Waals surface area contributed by atoms with Gasteiger partial charge in [0, 0.05) is 18.2 Å². The molecule has 1 fully saturated rings. The molecule has 0 amide bonds. The van der Waals surface area contributed by atoms with Crippen LogP contribution in [0.15, 0.2) is 48.7 Å². The van der Waals surface area contributed by atoms with E-state index in [2.05, 4.69) is 40.2 Å². The summed E-state index contributed by atoms with van der Waals surface area (Å²) in [7, 11) is 1.57. The van der Waals surface area contributed by atoms with Crippen LogP contribution in [0.2, 0.25) is 0 Å². The van der Waals surface area contributed by atoms with Crippen molar-refractivity contribution in [1.29, 1.82) is 0 Å². The summed E-state index contributed by atoms with van der Waals surface area (Å²) in [6.07, 6.45) is 4.17. The summed E-state index contributed by atoms with van der Waals surface area (Å²) >= 11 is 0. The predicted molar refractivity (Wildman–Crippen MR) is 93.7 cm³/mol. The van der Waals surface area contributed by atoms with Gasteiger partial charge in [-0.05, 0) is 23.6 Å². The summed E-state index contributed by atoms with van der Waals surface area (Å²) in [5.41, 5.74) is 3.13. The molecule has 0 N–H and O–H groups in total. The molecule has 1 saturated heterocycles. The lowest BCUT2D eigenvalue weighted by Crippen LogP contribution is -2.53. The summed E-state index contributed by atoms with van der Waals surface area (Å²) in [5.74, 6) is 0.132. The lowest BCUT2D eigenvalue weighted by Gasteiger charge is -2.44. The van der Waals surface area contributed by atoms with Crippen LogP contribution in [-0.4, -0.2) is 42.3 Å². The molecule has 2 bridgehead atoms. The van der Waals surface area contributed by atoms with E-state index in [9.17, 15) is 4.39 Å². The average molecular weight is 340 g/mol. The highest BCUT2D eigenvalue weighted by molar-refractivity contribution is 5.71. The van der Waals surface area contributed by atoms with Gasteiger partial charge in [0.15, 0.2) is 0 Å². The zero-order valence-electron chi connectivity index (χ0n) is 14.2. The summed E-state index contributed by atoms with van der Waals surface area (Å²) in [6, 6.07) is 12.4. The molecule has 4 nitrogen and oxygen atoms in total. The summed E-state index contributed by atoms with van der Waals surface area (Å²) in [5, 5.41) is 0. The van der Waals surface area contributed by atoms with Crippen molar-refractivity contribution in [3.8, 4) is 5.88 Å². The standard InChI is InChI=1S/C20H21FN2O2/c1-24-20-19(9-16(21)10-22-20)15-7-17-12-25-13-18(8-15)23(17)11-14-5-3-2-4-6-14/h2-7,9-10,17-18H,8,11-13H2,1H3. The number of rotatable bonds is 4. The topological polar surface area (TPSA) is 34.6 Å². The Kier molecular flexibility index (Phi) is 4.51. The molecule has 130 valence electrons. The number of benzene rings is 1. The normalized spacial score (nSPS) is 23.2.